The van der Waals surface area contributed by atoms with E-state index >= 15 is 0 Å². The predicted molar refractivity (Wildman–Crippen MR) is 85.4 cm³/mol. The topological polar surface area (TPSA) is 106 Å². The molecule has 0 amide bonds. The lowest BCUT2D eigenvalue weighted by Crippen LogP contribution is -2.13. The number of halogens is 1. The van der Waals surface area contributed by atoms with E-state index in [1.54, 1.807) is 0 Å². The average Bonchev–Trinajstić information content (AvgIpc) is 2.47. The maximum absolute atomic E-state index is 12.3. The number of carbonyl (C=O) groups is 1. The Morgan fingerprint density at radius 1 is 1.17 bits per heavy atom. The molecular weight excluding hydrogens is 344 g/mol. The Morgan fingerprint density at radius 2 is 1.78 bits per heavy atom. The van der Waals surface area contributed by atoms with Crippen LogP contribution >= 0.6 is 11.6 Å². The molecule has 7 nitrogen and oxygen atoms in total. The van der Waals surface area contributed by atoms with E-state index in [4.69, 9.17) is 11.6 Å². The molecule has 0 saturated heterocycles. The van der Waals surface area contributed by atoms with Crippen LogP contribution in [0.2, 0.25) is 5.02 Å². The van der Waals surface area contributed by atoms with E-state index in [1.807, 2.05) is 0 Å². The van der Waals surface area contributed by atoms with Gasteiger partial charge in [0.2, 0.25) is 0 Å². The van der Waals surface area contributed by atoms with E-state index in [2.05, 4.69) is 4.72 Å². The lowest BCUT2D eigenvalue weighted by Gasteiger charge is -2.08. The van der Waals surface area contributed by atoms with Gasteiger partial charge in [-0.25, -0.2) is 8.42 Å². The first kappa shape index (κ1) is 16.9. The largest absolute Gasteiger partial charge is 0.295 e. The Balaban J connectivity index is 2.33. The van der Waals surface area contributed by atoms with Gasteiger partial charge in [0.25, 0.3) is 15.7 Å². The smallest absolute Gasteiger partial charge is 0.289 e. The molecule has 0 aliphatic carbocycles. The molecule has 2 aromatic carbocycles. The molecule has 0 atom stereocenters. The Morgan fingerprint density at radius 3 is 2.30 bits per heavy atom. The molecule has 2 aromatic rings. The number of hydrogen-bond acceptors (Lipinski definition) is 5. The standard InChI is InChI=1S/C14H11ClN2O5S/c1-9(18)10-2-4-11(5-3-10)16-23(21,22)12-6-7-13(15)14(8-12)17(19)20/h2-8,16H,1H3. The predicted octanol–water partition coefficient (Wildman–Crippen LogP) is 3.25. The maximum atomic E-state index is 12.3. The molecule has 120 valence electrons. The summed E-state index contributed by atoms with van der Waals surface area (Å²) in [5.41, 5.74) is 0.171. The number of benzene rings is 2. The second-order valence-corrected chi connectivity index (χ2v) is 6.70. The molecular formula is C14H11ClN2O5S. The summed E-state index contributed by atoms with van der Waals surface area (Å²) < 4.78 is 26.8. The van der Waals surface area contributed by atoms with Gasteiger partial charge in [0.15, 0.2) is 5.78 Å². The van der Waals surface area contributed by atoms with Crippen LogP contribution < -0.4 is 4.72 Å². The van der Waals surface area contributed by atoms with Crippen molar-refractivity contribution in [2.45, 2.75) is 11.8 Å². The van der Waals surface area contributed by atoms with E-state index in [0.717, 1.165) is 12.1 Å². The van der Waals surface area contributed by atoms with Crippen LogP contribution in [0.15, 0.2) is 47.4 Å². The molecule has 0 radical (unpaired) electrons. The fourth-order valence-electron chi connectivity index (χ4n) is 1.79. The van der Waals surface area contributed by atoms with Crippen molar-refractivity contribution in [3.63, 3.8) is 0 Å². The summed E-state index contributed by atoms with van der Waals surface area (Å²) in [4.78, 5) is 21.0. The Bertz CT molecular complexity index is 879. The Kier molecular flexibility index (Phi) is 4.67. The first-order valence-corrected chi connectivity index (χ1v) is 8.14. The minimum Gasteiger partial charge on any atom is -0.295 e. The molecule has 2 rings (SSSR count). The van der Waals surface area contributed by atoms with Crippen LogP contribution in [0, 0.1) is 10.1 Å². The molecule has 1 N–H and O–H groups in total. The zero-order valence-electron chi connectivity index (χ0n) is 11.8. The zero-order chi connectivity index (χ0) is 17.2. The van der Waals surface area contributed by atoms with E-state index in [0.29, 0.717) is 5.56 Å². The van der Waals surface area contributed by atoms with Crippen LogP contribution in [0.25, 0.3) is 0 Å². The number of rotatable bonds is 5. The van der Waals surface area contributed by atoms with Crippen LogP contribution in [0.1, 0.15) is 17.3 Å². The van der Waals surface area contributed by atoms with Gasteiger partial charge in [-0.3, -0.25) is 19.6 Å². The average molecular weight is 355 g/mol. The van der Waals surface area contributed by atoms with E-state index in [9.17, 15) is 23.3 Å². The number of nitro benzene ring substituents is 1. The second kappa shape index (κ2) is 6.35. The minimum absolute atomic E-state index is 0.146. The van der Waals surface area contributed by atoms with Gasteiger partial charge in [0.1, 0.15) is 5.02 Å². The molecule has 23 heavy (non-hydrogen) atoms. The first-order valence-electron chi connectivity index (χ1n) is 6.28. The molecule has 0 fully saturated rings. The fraction of sp³-hybridized carbons (Fsp3) is 0.0714. The summed E-state index contributed by atoms with van der Waals surface area (Å²) in [5.74, 6) is -0.146. The van der Waals surface area contributed by atoms with Crippen molar-refractivity contribution in [3.05, 3.63) is 63.2 Å². The maximum Gasteiger partial charge on any atom is 0.289 e. The number of Topliss-reactive ketones (excluding diaryl/α,β-unsaturated/α-hetero) is 1. The number of nitrogens with one attached hydrogen (secondary N) is 1. The number of ketones is 1. The third-order valence-corrected chi connectivity index (χ3v) is 4.67. The molecule has 0 heterocycles. The van der Waals surface area contributed by atoms with Crippen molar-refractivity contribution in [2.24, 2.45) is 0 Å². The summed E-state index contributed by atoms with van der Waals surface area (Å²) in [5, 5.41) is 10.7. The van der Waals surface area contributed by atoms with Crippen LogP contribution in [-0.2, 0) is 10.0 Å². The summed E-state index contributed by atoms with van der Waals surface area (Å²) in [6, 6.07) is 9.01. The molecule has 9 heteroatoms. The SMILES string of the molecule is CC(=O)c1ccc(NS(=O)(=O)c2ccc(Cl)c([N+](=O)[O-])c2)cc1. The molecule has 0 bridgehead atoms. The number of carbonyl (C=O) groups excluding carboxylic acids is 1. The third kappa shape index (κ3) is 3.85. The zero-order valence-corrected chi connectivity index (χ0v) is 13.4. The van der Waals surface area contributed by atoms with Gasteiger partial charge in [-0.15, -0.1) is 0 Å². The first-order chi connectivity index (χ1) is 10.7. The molecule has 0 saturated carbocycles. The van der Waals surface area contributed by atoms with Crippen LogP contribution in [0.3, 0.4) is 0 Å². The molecule has 0 unspecified atom stereocenters. The van der Waals surface area contributed by atoms with E-state index < -0.39 is 20.6 Å². The fourth-order valence-corrected chi connectivity index (χ4v) is 3.05. The van der Waals surface area contributed by atoms with Gasteiger partial charge in [0.05, 0.1) is 9.82 Å². The Hall–Kier alpha value is -2.45. The van der Waals surface area contributed by atoms with Crippen molar-refractivity contribution < 1.29 is 18.1 Å². The number of sulfonamides is 1. The normalized spacial score (nSPS) is 11.0. The highest BCUT2D eigenvalue weighted by Crippen LogP contribution is 2.28. The van der Waals surface area contributed by atoms with Crippen LogP contribution in [-0.4, -0.2) is 19.1 Å². The second-order valence-electron chi connectivity index (χ2n) is 4.61. The number of hydrogen-bond donors (Lipinski definition) is 1. The molecule has 0 spiro atoms. The van der Waals surface area contributed by atoms with Crippen molar-refractivity contribution in [1.29, 1.82) is 0 Å². The highest BCUT2D eigenvalue weighted by Gasteiger charge is 2.20. The number of anilines is 1. The monoisotopic (exact) mass is 354 g/mol. The molecule has 0 aliphatic rings. The summed E-state index contributed by atoms with van der Waals surface area (Å²) in [6.45, 7) is 1.39. The van der Waals surface area contributed by atoms with Crippen LogP contribution in [0.4, 0.5) is 11.4 Å². The van der Waals surface area contributed by atoms with Crippen molar-refractivity contribution in [3.8, 4) is 0 Å². The van der Waals surface area contributed by atoms with Gasteiger partial charge in [-0.2, -0.15) is 0 Å². The van der Waals surface area contributed by atoms with Gasteiger partial charge < -0.3 is 0 Å². The van der Waals surface area contributed by atoms with Crippen molar-refractivity contribution in [1.82, 2.24) is 0 Å². The minimum atomic E-state index is -4.02. The van der Waals surface area contributed by atoms with Gasteiger partial charge in [-0.05, 0) is 43.3 Å². The lowest BCUT2D eigenvalue weighted by atomic mass is 10.1. The third-order valence-electron chi connectivity index (χ3n) is 2.97. The van der Waals surface area contributed by atoms with Gasteiger partial charge in [0, 0.05) is 17.3 Å². The number of nitro groups is 1. The quantitative estimate of drug-likeness (QED) is 0.504. The van der Waals surface area contributed by atoms with E-state index in [-0.39, 0.29) is 21.4 Å². The van der Waals surface area contributed by atoms with Crippen molar-refractivity contribution in [2.75, 3.05) is 4.72 Å². The van der Waals surface area contributed by atoms with Crippen LogP contribution in [0.5, 0.6) is 0 Å². The highest BCUT2D eigenvalue weighted by molar-refractivity contribution is 7.92. The molecule has 0 aliphatic heterocycles. The lowest BCUT2D eigenvalue weighted by molar-refractivity contribution is -0.384. The number of nitrogens with zero attached hydrogens (tertiary/aromatic N) is 1. The summed E-state index contributed by atoms with van der Waals surface area (Å²) in [6.07, 6.45) is 0. The van der Waals surface area contributed by atoms with Gasteiger partial charge >= 0.3 is 0 Å². The highest BCUT2D eigenvalue weighted by atomic mass is 35.5. The van der Waals surface area contributed by atoms with Gasteiger partial charge in [-0.1, -0.05) is 11.6 Å². The Labute approximate surface area is 137 Å². The van der Waals surface area contributed by atoms with E-state index in [1.165, 1.54) is 37.3 Å². The molecule has 0 aromatic heterocycles. The summed E-state index contributed by atoms with van der Waals surface area (Å²) in [7, 11) is -4.02. The van der Waals surface area contributed by atoms with Crippen molar-refractivity contribution >= 4 is 38.8 Å². The summed E-state index contributed by atoms with van der Waals surface area (Å²) >= 11 is 5.66.